The van der Waals surface area contributed by atoms with Crippen LogP contribution in [0.4, 0.5) is 9.80 Å². The van der Waals surface area contributed by atoms with E-state index < -0.39 is 31.6 Å². The van der Waals surface area contributed by atoms with Gasteiger partial charge in [0.2, 0.25) is 14.3 Å². The number of hydrogen-bond donors (Lipinski definition) is 1. The maximum Gasteiger partial charge on any atom is 0.305 e. The third-order valence-corrected chi connectivity index (χ3v) is 11.4. The molecule has 3 aliphatic heterocycles. The van der Waals surface area contributed by atoms with E-state index in [0.717, 1.165) is 17.3 Å². The SMILES string of the molecule is COC(=O)CCCCN1C(=O)[C@]2(O[C@H](CC(=O)N3CCC[C@H]3CO)[C@@H]([Si](C)(C)F)[C@@H]2C)c2cc(Br)ccc21. The van der Waals surface area contributed by atoms with Gasteiger partial charge in [-0.25, -0.2) is 0 Å². The number of hydrogen-bond acceptors (Lipinski definition) is 6. The number of ether oxygens (including phenoxy) is 2. The Labute approximate surface area is 233 Å². The van der Waals surface area contributed by atoms with Crippen molar-refractivity contribution < 1.29 is 33.1 Å². The third-order valence-electron chi connectivity index (χ3n) is 8.45. The number of unbranched alkanes of at least 4 members (excludes halogenated alkanes) is 1. The number of nitrogens with zero attached hydrogens (tertiary/aromatic N) is 2. The predicted octanol–water partition coefficient (Wildman–Crippen LogP) is 4.29. The number of anilines is 1. The van der Waals surface area contributed by atoms with Crippen molar-refractivity contribution in [3.8, 4) is 0 Å². The minimum absolute atomic E-state index is 0.0245. The molecule has 8 nitrogen and oxygen atoms in total. The number of carbonyl (C=O) groups is 3. The topological polar surface area (TPSA) is 96.4 Å². The minimum atomic E-state index is -3.39. The lowest BCUT2D eigenvalue weighted by Crippen LogP contribution is -2.45. The average Bonchev–Trinajstić information content (AvgIpc) is 3.51. The molecule has 1 N–H and O–H groups in total. The summed E-state index contributed by atoms with van der Waals surface area (Å²) in [6.07, 6.45) is 2.21. The Balaban J connectivity index is 1.65. The predicted molar refractivity (Wildman–Crippen MR) is 147 cm³/mol. The number of fused-ring (bicyclic) bond motifs is 2. The van der Waals surface area contributed by atoms with Crippen LogP contribution in [0.5, 0.6) is 0 Å². The van der Waals surface area contributed by atoms with Gasteiger partial charge in [-0.15, -0.1) is 0 Å². The molecule has 0 saturated carbocycles. The van der Waals surface area contributed by atoms with Crippen LogP contribution >= 0.6 is 15.9 Å². The van der Waals surface area contributed by atoms with Gasteiger partial charge in [0.25, 0.3) is 5.91 Å². The summed E-state index contributed by atoms with van der Waals surface area (Å²) in [7, 11) is -2.04. The second-order valence-electron chi connectivity index (χ2n) is 11.2. The molecule has 11 heteroatoms. The van der Waals surface area contributed by atoms with Crippen LogP contribution in [0, 0.1) is 5.92 Å². The first-order valence-corrected chi connectivity index (χ1v) is 17.2. The fraction of sp³-hybridized carbons (Fsp3) is 0.667. The largest absolute Gasteiger partial charge is 0.469 e. The molecule has 3 aliphatic rings. The van der Waals surface area contributed by atoms with Crippen molar-refractivity contribution in [2.75, 3.05) is 31.7 Å². The molecule has 4 rings (SSSR count). The van der Waals surface area contributed by atoms with Crippen molar-refractivity contribution in [2.45, 2.75) is 81.8 Å². The van der Waals surface area contributed by atoms with Gasteiger partial charge in [0.15, 0.2) is 5.60 Å². The zero-order valence-electron chi connectivity index (χ0n) is 22.5. The van der Waals surface area contributed by atoms with E-state index in [2.05, 4.69) is 15.9 Å². The Hall–Kier alpha value is -1.82. The lowest BCUT2D eigenvalue weighted by molar-refractivity contribution is -0.150. The van der Waals surface area contributed by atoms with Crippen LogP contribution in [0.1, 0.15) is 51.0 Å². The number of aliphatic hydroxyl groups excluding tert-OH is 1. The monoisotopic (exact) mass is 612 g/mol. The first-order chi connectivity index (χ1) is 17.9. The van der Waals surface area contributed by atoms with Gasteiger partial charge in [-0.1, -0.05) is 22.9 Å². The van der Waals surface area contributed by atoms with Gasteiger partial charge in [0.1, 0.15) is 0 Å². The first-order valence-electron chi connectivity index (χ1n) is 13.4. The van der Waals surface area contributed by atoms with E-state index in [0.29, 0.717) is 37.2 Å². The molecule has 0 aromatic heterocycles. The highest BCUT2D eigenvalue weighted by atomic mass is 79.9. The van der Waals surface area contributed by atoms with Crippen LogP contribution in [0.3, 0.4) is 0 Å². The van der Waals surface area contributed by atoms with E-state index in [1.54, 1.807) is 22.9 Å². The molecule has 3 heterocycles. The molecular formula is C27H38BrFN2O6Si. The Kier molecular flexibility index (Phi) is 8.71. The molecule has 2 amide bonds. The molecule has 0 bridgehead atoms. The Morgan fingerprint density at radius 2 is 2.05 bits per heavy atom. The zero-order valence-corrected chi connectivity index (χ0v) is 25.1. The maximum absolute atomic E-state index is 16.0. The van der Waals surface area contributed by atoms with E-state index in [4.69, 9.17) is 9.47 Å². The first kappa shape index (κ1) is 29.2. The molecular weight excluding hydrogens is 575 g/mol. The second-order valence-corrected chi connectivity index (χ2v) is 15.9. The number of amides is 2. The number of benzene rings is 1. The van der Waals surface area contributed by atoms with Crippen molar-refractivity contribution in [1.82, 2.24) is 4.90 Å². The van der Waals surface area contributed by atoms with Crippen molar-refractivity contribution in [1.29, 1.82) is 0 Å². The second kappa shape index (κ2) is 11.3. The summed E-state index contributed by atoms with van der Waals surface area (Å²) in [5.41, 5.74) is -0.567. The van der Waals surface area contributed by atoms with Gasteiger partial charge in [0.05, 0.1) is 38.0 Å². The van der Waals surface area contributed by atoms with Gasteiger partial charge < -0.3 is 28.5 Å². The minimum Gasteiger partial charge on any atom is -0.469 e. The number of halogens is 2. The summed E-state index contributed by atoms with van der Waals surface area (Å²) < 4.78 is 28.1. The molecule has 38 heavy (non-hydrogen) atoms. The lowest BCUT2D eigenvalue weighted by Gasteiger charge is -2.31. The fourth-order valence-corrected chi connectivity index (χ4v) is 9.58. The normalized spacial score (nSPS) is 28.9. The standard InChI is InChI=1S/C27H38BrFN2O6Si/c1-17-25(38(3,4)29)22(15-23(33)30-13-7-8-19(30)16-32)37-27(17)20-14-18(28)10-11-21(20)31(26(27)35)12-6-5-9-24(34)36-2/h10-11,14,17,19,22,25,32H,5-9,12-13,15-16H2,1-4H3/t17-,19-,22+,25-,27+/m0/s1. The number of carbonyl (C=O) groups excluding carboxylic acids is 3. The number of esters is 1. The van der Waals surface area contributed by atoms with Crippen LogP contribution < -0.4 is 4.90 Å². The van der Waals surface area contributed by atoms with Crippen molar-refractivity contribution >= 4 is 47.8 Å². The Bertz CT molecular complexity index is 1080. The van der Waals surface area contributed by atoms with Gasteiger partial charge in [-0.05, 0) is 57.0 Å². The molecule has 1 aromatic rings. The molecule has 0 aliphatic carbocycles. The highest BCUT2D eigenvalue weighted by Gasteiger charge is 2.67. The number of methoxy groups -OCH3 is 1. The zero-order chi connectivity index (χ0) is 27.8. The van der Waals surface area contributed by atoms with Crippen molar-refractivity contribution in [2.24, 2.45) is 5.92 Å². The molecule has 0 radical (unpaired) electrons. The molecule has 1 spiro atoms. The molecule has 2 saturated heterocycles. The summed E-state index contributed by atoms with van der Waals surface area (Å²) in [4.78, 5) is 42.5. The summed E-state index contributed by atoms with van der Waals surface area (Å²) in [5.74, 6) is -1.19. The summed E-state index contributed by atoms with van der Waals surface area (Å²) in [6, 6.07) is 5.37. The van der Waals surface area contributed by atoms with Gasteiger partial charge in [-0.2, -0.15) is 0 Å². The number of likely N-dealkylation sites (tertiary alicyclic amines) is 1. The molecule has 5 atom stereocenters. The van der Waals surface area contributed by atoms with Crippen molar-refractivity contribution in [3.05, 3.63) is 28.2 Å². The highest BCUT2D eigenvalue weighted by Crippen LogP contribution is 2.60. The summed E-state index contributed by atoms with van der Waals surface area (Å²) >= 11 is 3.53. The third kappa shape index (κ3) is 5.19. The molecule has 1 aromatic carbocycles. The summed E-state index contributed by atoms with van der Waals surface area (Å²) in [5, 5.41) is 9.71. The van der Waals surface area contributed by atoms with Crippen LogP contribution in [-0.2, 0) is 29.5 Å². The molecule has 0 unspecified atom stereocenters. The number of aliphatic hydroxyl groups is 1. The van der Waals surface area contributed by atoms with E-state index in [1.165, 1.54) is 7.11 Å². The van der Waals surface area contributed by atoms with Crippen molar-refractivity contribution in [3.63, 3.8) is 0 Å². The van der Waals surface area contributed by atoms with Crippen LogP contribution in [0.15, 0.2) is 22.7 Å². The fourth-order valence-electron chi connectivity index (χ4n) is 6.73. The van der Waals surface area contributed by atoms with Crippen LogP contribution in [0.2, 0.25) is 18.6 Å². The average molecular weight is 614 g/mol. The van der Waals surface area contributed by atoms with E-state index in [1.807, 2.05) is 25.1 Å². The quantitative estimate of drug-likeness (QED) is 0.193. The van der Waals surface area contributed by atoms with E-state index in [9.17, 15) is 19.5 Å². The maximum atomic E-state index is 16.0. The Morgan fingerprint density at radius 3 is 2.71 bits per heavy atom. The highest BCUT2D eigenvalue weighted by molar-refractivity contribution is 9.10. The van der Waals surface area contributed by atoms with Gasteiger partial charge in [-0.3, -0.25) is 14.4 Å². The molecule has 210 valence electrons. The lowest BCUT2D eigenvalue weighted by atomic mass is 9.82. The van der Waals surface area contributed by atoms with Gasteiger partial charge in [0, 0.05) is 41.0 Å². The van der Waals surface area contributed by atoms with Crippen LogP contribution in [0.25, 0.3) is 0 Å². The molecule has 2 fully saturated rings. The van der Waals surface area contributed by atoms with Gasteiger partial charge >= 0.3 is 5.97 Å². The Morgan fingerprint density at radius 1 is 1.32 bits per heavy atom. The van der Waals surface area contributed by atoms with Crippen LogP contribution in [-0.4, -0.2) is 75.1 Å². The van der Waals surface area contributed by atoms with E-state index in [-0.39, 0.29) is 43.3 Å². The summed E-state index contributed by atoms with van der Waals surface area (Å²) in [6.45, 7) is 5.96. The smallest absolute Gasteiger partial charge is 0.305 e. The number of rotatable bonds is 9. The van der Waals surface area contributed by atoms with E-state index >= 15 is 4.11 Å².